The minimum absolute atomic E-state index is 0.121. The lowest BCUT2D eigenvalue weighted by Crippen LogP contribution is -2.12. The standard InChI is InChI=1S/C13H8BrFN2O3/c14-11-5-4-9(15)7-12(11)16-13(18)8-2-1-3-10(6-8)17(19)20/h1-7H,(H,16,18). The lowest BCUT2D eigenvalue weighted by molar-refractivity contribution is -0.384. The Bertz CT molecular complexity index is 691. The third-order valence-corrected chi connectivity index (χ3v) is 3.19. The van der Waals surface area contributed by atoms with Crippen LogP contribution in [-0.2, 0) is 0 Å². The van der Waals surface area contributed by atoms with Crippen molar-refractivity contribution in [3.05, 3.63) is 68.4 Å². The monoisotopic (exact) mass is 338 g/mol. The molecular weight excluding hydrogens is 331 g/mol. The van der Waals surface area contributed by atoms with Gasteiger partial charge in [0.1, 0.15) is 5.82 Å². The number of nitrogens with zero attached hydrogens (tertiary/aromatic N) is 1. The Hall–Kier alpha value is -2.28. The molecule has 0 saturated heterocycles. The van der Waals surface area contributed by atoms with E-state index in [0.29, 0.717) is 4.47 Å². The molecule has 20 heavy (non-hydrogen) atoms. The van der Waals surface area contributed by atoms with Gasteiger partial charge in [-0.3, -0.25) is 14.9 Å². The van der Waals surface area contributed by atoms with Gasteiger partial charge in [0.05, 0.1) is 10.6 Å². The highest BCUT2D eigenvalue weighted by Crippen LogP contribution is 2.24. The zero-order chi connectivity index (χ0) is 14.7. The van der Waals surface area contributed by atoms with E-state index in [2.05, 4.69) is 21.2 Å². The van der Waals surface area contributed by atoms with Crippen LogP contribution in [0.3, 0.4) is 0 Å². The smallest absolute Gasteiger partial charge is 0.270 e. The van der Waals surface area contributed by atoms with E-state index in [4.69, 9.17) is 0 Å². The Balaban J connectivity index is 2.26. The molecule has 0 aliphatic heterocycles. The van der Waals surface area contributed by atoms with Gasteiger partial charge >= 0.3 is 0 Å². The van der Waals surface area contributed by atoms with E-state index in [1.807, 2.05) is 0 Å². The molecule has 2 rings (SSSR count). The Labute approximate surface area is 121 Å². The van der Waals surface area contributed by atoms with Crippen molar-refractivity contribution in [2.75, 3.05) is 5.32 Å². The summed E-state index contributed by atoms with van der Waals surface area (Å²) in [5.74, 6) is -1.05. The van der Waals surface area contributed by atoms with E-state index >= 15 is 0 Å². The van der Waals surface area contributed by atoms with Gasteiger partial charge in [-0.15, -0.1) is 0 Å². The van der Waals surface area contributed by atoms with Crippen LogP contribution in [0.5, 0.6) is 0 Å². The third-order valence-electron chi connectivity index (χ3n) is 2.50. The maximum atomic E-state index is 13.1. The van der Waals surface area contributed by atoms with Crippen molar-refractivity contribution < 1.29 is 14.1 Å². The number of benzene rings is 2. The highest BCUT2D eigenvalue weighted by Gasteiger charge is 2.13. The number of non-ortho nitro benzene ring substituents is 1. The number of anilines is 1. The lowest BCUT2D eigenvalue weighted by Gasteiger charge is -2.07. The van der Waals surface area contributed by atoms with Crippen molar-refractivity contribution in [2.45, 2.75) is 0 Å². The van der Waals surface area contributed by atoms with E-state index in [-0.39, 0.29) is 16.9 Å². The molecule has 0 atom stereocenters. The van der Waals surface area contributed by atoms with Gasteiger partial charge in [0, 0.05) is 22.2 Å². The summed E-state index contributed by atoms with van der Waals surface area (Å²) in [6, 6.07) is 9.14. The van der Waals surface area contributed by atoms with Crippen molar-refractivity contribution in [3.8, 4) is 0 Å². The van der Waals surface area contributed by atoms with Crippen molar-refractivity contribution in [2.24, 2.45) is 0 Å². The zero-order valence-corrected chi connectivity index (χ0v) is 11.6. The fourth-order valence-corrected chi connectivity index (χ4v) is 1.89. The van der Waals surface area contributed by atoms with Gasteiger partial charge in [0.15, 0.2) is 0 Å². The van der Waals surface area contributed by atoms with E-state index in [0.717, 1.165) is 12.1 Å². The molecule has 0 aromatic heterocycles. The van der Waals surface area contributed by atoms with Gasteiger partial charge in [0.25, 0.3) is 11.6 Å². The van der Waals surface area contributed by atoms with Gasteiger partial charge < -0.3 is 5.32 Å². The summed E-state index contributed by atoms with van der Waals surface area (Å²) in [6.07, 6.45) is 0. The molecule has 1 amide bonds. The molecule has 0 radical (unpaired) electrons. The largest absolute Gasteiger partial charge is 0.321 e. The predicted molar refractivity (Wildman–Crippen MR) is 75.1 cm³/mol. The van der Waals surface area contributed by atoms with Gasteiger partial charge in [-0.2, -0.15) is 0 Å². The minimum Gasteiger partial charge on any atom is -0.321 e. The molecule has 0 bridgehead atoms. The van der Waals surface area contributed by atoms with Crippen molar-refractivity contribution in [3.63, 3.8) is 0 Å². The molecule has 7 heteroatoms. The Kier molecular flexibility index (Phi) is 4.09. The van der Waals surface area contributed by atoms with Crippen LogP contribution in [0.1, 0.15) is 10.4 Å². The molecule has 1 N–H and O–H groups in total. The summed E-state index contributed by atoms with van der Waals surface area (Å²) in [5, 5.41) is 13.1. The first kappa shape index (κ1) is 14.1. The first-order valence-electron chi connectivity index (χ1n) is 5.48. The number of amides is 1. The average Bonchev–Trinajstić information content (AvgIpc) is 2.43. The predicted octanol–water partition coefficient (Wildman–Crippen LogP) is 3.75. The highest BCUT2D eigenvalue weighted by atomic mass is 79.9. The second kappa shape index (κ2) is 5.79. The first-order valence-corrected chi connectivity index (χ1v) is 6.27. The Morgan fingerprint density at radius 1 is 1.25 bits per heavy atom. The molecule has 0 heterocycles. The number of nitro groups is 1. The second-order valence-electron chi connectivity index (χ2n) is 3.89. The quantitative estimate of drug-likeness (QED) is 0.684. The molecule has 0 saturated carbocycles. The maximum absolute atomic E-state index is 13.1. The molecule has 5 nitrogen and oxygen atoms in total. The SMILES string of the molecule is O=C(Nc1cc(F)ccc1Br)c1cccc([N+](=O)[O-])c1. The molecule has 0 spiro atoms. The van der Waals surface area contributed by atoms with Crippen LogP contribution in [0, 0.1) is 15.9 Å². The maximum Gasteiger partial charge on any atom is 0.270 e. The summed E-state index contributed by atoms with van der Waals surface area (Å²) in [5.41, 5.74) is 0.188. The second-order valence-corrected chi connectivity index (χ2v) is 4.74. The molecule has 0 aliphatic rings. The Morgan fingerprint density at radius 2 is 2.00 bits per heavy atom. The van der Waals surface area contributed by atoms with Crippen LogP contribution in [0.2, 0.25) is 0 Å². The Morgan fingerprint density at radius 3 is 2.70 bits per heavy atom. The number of carbonyl (C=O) groups excluding carboxylic acids is 1. The number of hydrogen-bond donors (Lipinski definition) is 1. The van der Waals surface area contributed by atoms with Crippen molar-refractivity contribution in [1.29, 1.82) is 0 Å². The van der Waals surface area contributed by atoms with Crippen molar-refractivity contribution >= 4 is 33.2 Å². The number of nitro benzene ring substituents is 1. The topological polar surface area (TPSA) is 72.2 Å². The van der Waals surface area contributed by atoms with Crippen LogP contribution in [-0.4, -0.2) is 10.8 Å². The van der Waals surface area contributed by atoms with Crippen molar-refractivity contribution in [1.82, 2.24) is 0 Å². The number of rotatable bonds is 3. The summed E-state index contributed by atoms with van der Waals surface area (Å²) in [7, 11) is 0. The summed E-state index contributed by atoms with van der Waals surface area (Å²) < 4.78 is 13.6. The normalized spacial score (nSPS) is 10.1. The lowest BCUT2D eigenvalue weighted by atomic mass is 10.2. The van der Waals surface area contributed by atoms with Crippen LogP contribution in [0.25, 0.3) is 0 Å². The van der Waals surface area contributed by atoms with Gasteiger partial charge in [0.2, 0.25) is 0 Å². The molecule has 0 aliphatic carbocycles. The molecule has 2 aromatic rings. The number of carbonyl (C=O) groups is 1. The molecule has 0 unspecified atom stereocenters. The van der Waals surface area contributed by atoms with Crippen LogP contribution >= 0.6 is 15.9 Å². The van der Waals surface area contributed by atoms with E-state index in [1.54, 1.807) is 0 Å². The number of hydrogen-bond acceptors (Lipinski definition) is 3. The van der Waals surface area contributed by atoms with Crippen LogP contribution in [0.4, 0.5) is 15.8 Å². The van der Waals surface area contributed by atoms with E-state index in [9.17, 15) is 19.3 Å². The van der Waals surface area contributed by atoms with E-state index < -0.39 is 16.6 Å². The third kappa shape index (κ3) is 3.18. The average molecular weight is 339 g/mol. The zero-order valence-electron chi connectivity index (χ0n) is 9.97. The van der Waals surface area contributed by atoms with Gasteiger partial charge in [-0.1, -0.05) is 6.07 Å². The summed E-state index contributed by atoms with van der Waals surface area (Å²) >= 11 is 3.18. The number of halogens is 2. The first-order chi connectivity index (χ1) is 9.47. The summed E-state index contributed by atoms with van der Waals surface area (Å²) in [4.78, 5) is 22.0. The molecule has 102 valence electrons. The number of nitrogens with one attached hydrogen (secondary N) is 1. The van der Waals surface area contributed by atoms with Crippen LogP contribution in [0.15, 0.2) is 46.9 Å². The molecule has 0 fully saturated rings. The molecular formula is C13H8BrFN2O3. The molecule has 2 aromatic carbocycles. The summed E-state index contributed by atoms with van der Waals surface area (Å²) in [6.45, 7) is 0. The van der Waals surface area contributed by atoms with Crippen LogP contribution < -0.4 is 5.32 Å². The minimum atomic E-state index is -0.588. The van der Waals surface area contributed by atoms with Gasteiger partial charge in [-0.05, 0) is 40.2 Å². The highest BCUT2D eigenvalue weighted by molar-refractivity contribution is 9.10. The fourth-order valence-electron chi connectivity index (χ4n) is 1.55. The van der Waals surface area contributed by atoms with E-state index in [1.165, 1.54) is 30.3 Å². The van der Waals surface area contributed by atoms with Gasteiger partial charge in [-0.25, -0.2) is 4.39 Å². The fraction of sp³-hybridized carbons (Fsp3) is 0.